The normalized spacial score (nSPS) is 17.8. The molecule has 2 aromatic carbocycles. The number of benzene rings is 2. The quantitative estimate of drug-likeness (QED) is 0.497. The summed E-state index contributed by atoms with van der Waals surface area (Å²) in [6, 6.07) is 17.6. The van der Waals surface area contributed by atoms with Gasteiger partial charge >= 0.3 is 5.97 Å². The molecule has 0 radical (unpaired) electrons. The Kier molecular flexibility index (Phi) is 6.14. The van der Waals surface area contributed by atoms with Gasteiger partial charge in [-0.25, -0.2) is 4.79 Å². The first-order valence-electron chi connectivity index (χ1n) is 12.0. The van der Waals surface area contributed by atoms with Crippen molar-refractivity contribution in [2.24, 2.45) is 0 Å². The summed E-state index contributed by atoms with van der Waals surface area (Å²) in [5.41, 5.74) is 7.71. The van der Waals surface area contributed by atoms with Crippen LogP contribution in [0.5, 0.6) is 0 Å². The van der Waals surface area contributed by atoms with Crippen molar-refractivity contribution in [3.63, 3.8) is 0 Å². The van der Waals surface area contributed by atoms with Gasteiger partial charge in [-0.05, 0) is 97.2 Å². The molecular formula is C28H31N3O2. The Bertz CT molecular complexity index is 1140. The summed E-state index contributed by atoms with van der Waals surface area (Å²) in [6.45, 7) is 0.930. The fraction of sp³-hybridized carbons (Fsp3) is 0.357. The van der Waals surface area contributed by atoms with Crippen LogP contribution in [-0.4, -0.2) is 29.7 Å². The van der Waals surface area contributed by atoms with Gasteiger partial charge in [-0.2, -0.15) is 0 Å². The SMILES string of the molecule is CN(c1ccc(C2CCC2)cc1)c1ccc2c(c1)CCN[C@@H]2CCc1cnccc1C(=O)O. The maximum absolute atomic E-state index is 11.5. The van der Waals surface area contributed by atoms with Gasteiger partial charge in [0, 0.05) is 36.9 Å². The molecule has 1 atom stereocenters. The van der Waals surface area contributed by atoms with Gasteiger partial charge < -0.3 is 15.3 Å². The number of pyridine rings is 1. The van der Waals surface area contributed by atoms with Gasteiger partial charge in [-0.3, -0.25) is 4.98 Å². The number of fused-ring (bicyclic) bond motifs is 1. The van der Waals surface area contributed by atoms with Crippen LogP contribution in [0.4, 0.5) is 11.4 Å². The van der Waals surface area contributed by atoms with Gasteiger partial charge in [0.15, 0.2) is 0 Å². The summed E-state index contributed by atoms with van der Waals surface area (Å²) in [5, 5.41) is 13.1. The lowest BCUT2D eigenvalue weighted by Gasteiger charge is -2.30. The average molecular weight is 442 g/mol. The van der Waals surface area contributed by atoms with E-state index >= 15 is 0 Å². The molecule has 1 aliphatic carbocycles. The standard InChI is InChI=1S/C28H31N3O2/c1-31(23-8-5-20(6-9-23)19-3-2-4-19)24-10-11-25-21(17-24)13-16-30-27(25)12-7-22-18-29-15-14-26(22)28(32)33/h5-6,8-11,14-15,17-19,27,30H,2-4,7,12-13,16H2,1H3,(H,32,33)/t27-/m1/s1. The lowest BCUT2D eigenvalue weighted by Crippen LogP contribution is -2.30. The van der Waals surface area contributed by atoms with Gasteiger partial charge in [0.05, 0.1) is 5.56 Å². The molecule has 5 nitrogen and oxygen atoms in total. The molecule has 5 heteroatoms. The molecule has 5 rings (SSSR count). The third-order valence-corrected chi connectivity index (χ3v) is 7.37. The van der Waals surface area contributed by atoms with Crippen LogP contribution in [0.25, 0.3) is 0 Å². The first-order valence-corrected chi connectivity index (χ1v) is 12.0. The van der Waals surface area contributed by atoms with E-state index in [0.717, 1.165) is 30.9 Å². The molecule has 1 saturated carbocycles. The molecule has 3 aromatic rings. The number of carboxylic acids is 1. The number of carboxylic acid groups (broad SMARTS) is 1. The Balaban J connectivity index is 1.30. The smallest absolute Gasteiger partial charge is 0.336 e. The lowest BCUT2D eigenvalue weighted by atomic mass is 9.80. The van der Waals surface area contributed by atoms with E-state index in [4.69, 9.17) is 0 Å². The van der Waals surface area contributed by atoms with E-state index in [9.17, 15) is 9.90 Å². The van der Waals surface area contributed by atoms with E-state index in [0.29, 0.717) is 12.0 Å². The number of rotatable bonds is 7. The van der Waals surface area contributed by atoms with E-state index < -0.39 is 5.97 Å². The molecule has 0 amide bonds. The van der Waals surface area contributed by atoms with Crippen LogP contribution in [0, 0.1) is 0 Å². The van der Waals surface area contributed by atoms with Gasteiger partial charge in [0.25, 0.3) is 0 Å². The Hall–Kier alpha value is -3.18. The van der Waals surface area contributed by atoms with Crippen molar-refractivity contribution < 1.29 is 9.90 Å². The molecule has 2 aliphatic rings. The summed E-state index contributed by atoms with van der Waals surface area (Å²) in [7, 11) is 2.13. The number of anilines is 2. The van der Waals surface area contributed by atoms with Crippen molar-refractivity contribution in [1.82, 2.24) is 10.3 Å². The van der Waals surface area contributed by atoms with Crippen LogP contribution >= 0.6 is 0 Å². The predicted octanol–water partition coefficient (Wildman–Crippen LogP) is 5.63. The molecule has 0 saturated heterocycles. The topological polar surface area (TPSA) is 65.5 Å². The number of aryl methyl sites for hydroxylation is 1. The molecule has 170 valence electrons. The van der Waals surface area contributed by atoms with E-state index in [1.807, 2.05) is 0 Å². The molecule has 0 unspecified atom stereocenters. The Morgan fingerprint density at radius 3 is 2.64 bits per heavy atom. The summed E-state index contributed by atoms with van der Waals surface area (Å²) in [6.07, 6.45) is 9.77. The van der Waals surface area contributed by atoms with Crippen molar-refractivity contribution in [1.29, 1.82) is 0 Å². The number of aromatic nitrogens is 1. The van der Waals surface area contributed by atoms with E-state index in [-0.39, 0.29) is 6.04 Å². The van der Waals surface area contributed by atoms with Crippen LogP contribution in [0.15, 0.2) is 60.9 Å². The zero-order valence-corrected chi connectivity index (χ0v) is 19.1. The number of aromatic carboxylic acids is 1. The van der Waals surface area contributed by atoms with Gasteiger partial charge in [0.2, 0.25) is 0 Å². The first-order chi connectivity index (χ1) is 16.1. The van der Waals surface area contributed by atoms with Crippen LogP contribution in [0.1, 0.15) is 70.3 Å². The number of nitrogens with zero attached hydrogens (tertiary/aromatic N) is 2. The predicted molar refractivity (Wildman–Crippen MR) is 132 cm³/mol. The minimum absolute atomic E-state index is 0.219. The monoisotopic (exact) mass is 441 g/mol. The van der Waals surface area contributed by atoms with Gasteiger partial charge in [-0.15, -0.1) is 0 Å². The zero-order chi connectivity index (χ0) is 22.8. The van der Waals surface area contributed by atoms with Crippen LogP contribution in [0.2, 0.25) is 0 Å². The molecule has 2 N–H and O–H groups in total. The summed E-state index contributed by atoms with van der Waals surface area (Å²) >= 11 is 0. The number of nitrogens with one attached hydrogen (secondary N) is 1. The molecule has 0 bridgehead atoms. The second kappa shape index (κ2) is 9.36. The Morgan fingerprint density at radius 1 is 1.12 bits per heavy atom. The molecule has 2 heterocycles. The average Bonchev–Trinajstić information content (AvgIpc) is 2.81. The van der Waals surface area contributed by atoms with Crippen LogP contribution < -0.4 is 10.2 Å². The molecule has 33 heavy (non-hydrogen) atoms. The van der Waals surface area contributed by atoms with Gasteiger partial charge in [0.1, 0.15) is 0 Å². The first kappa shape index (κ1) is 21.7. The highest BCUT2D eigenvalue weighted by atomic mass is 16.4. The van der Waals surface area contributed by atoms with E-state index in [2.05, 4.69) is 64.7 Å². The minimum Gasteiger partial charge on any atom is -0.478 e. The highest BCUT2D eigenvalue weighted by Crippen LogP contribution is 2.37. The molecule has 1 aliphatic heterocycles. The van der Waals surface area contributed by atoms with Crippen LogP contribution in [-0.2, 0) is 12.8 Å². The van der Waals surface area contributed by atoms with Crippen molar-refractivity contribution in [3.05, 3.63) is 88.7 Å². The largest absolute Gasteiger partial charge is 0.478 e. The second-order valence-corrected chi connectivity index (χ2v) is 9.29. The summed E-state index contributed by atoms with van der Waals surface area (Å²) in [5.74, 6) is -0.131. The molecule has 1 fully saturated rings. The Labute approximate surface area is 195 Å². The van der Waals surface area contributed by atoms with E-state index in [1.165, 1.54) is 47.3 Å². The lowest BCUT2D eigenvalue weighted by molar-refractivity contribution is 0.0695. The minimum atomic E-state index is -0.891. The van der Waals surface area contributed by atoms with Crippen molar-refractivity contribution in [3.8, 4) is 0 Å². The van der Waals surface area contributed by atoms with Crippen molar-refractivity contribution in [2.75, 3.05) is 18.5 Å². The Morgan fingerprint density at radius 2 is 1.91 bits per heavy atom. The number of hydrogen-bond donors (Lipinski definition) is 2. The fourth-order valence-electron chi connectivity index (χ4n) is 5.10. The van der Waals surface area contributed by atoms with Crippen molar-refractivity contribution in [2.45, 2.75) is 50.5 Å². The highest BCUT2D eigenvalue weighted by Gasteiger charge is 2.22. The molecular weight excluding hydrogens is 410 g/mol. The van der Waals surface area contributed by atoms with Crippen LogP contribution in [0.3, 0.4) is 0 Å². The van der Waals surface area contributed by atoms with Gasteiger partial charge in [-0.1, -0.05) is 24.6 Å². The fourth-order valence-corrected chi connectivity index (χ4v) is 5.10. The highest BCUT2D eigenvalue weighted by molar-refractivity contribution is 5.89. The maximum atomic E-state index is 11.5. The third-order valence-electron chi connectivity index (χ3n) is 7.37. The van der Waals surface area contributed by atoms with E-state index in [1.54, 1.807) is 18.5 Å². The molecule has 0 spiro atoms. The molecule has 1 aromatic heterocycles. The number of hydrogen-bond acceptors (Lipinski definition) is 4. The van der Waals surface area contributed by atoms with Crippen molar-refractivity contribution >= 4 is 17.3 Å². The maximum Gasteiger partial charge on any atom is 0.336 e. The second-order valence-electron chi connectivity index (χ2n) is 9.29. The third kappa shape index (κ3) is 4.51. The summed E-state index contributed by atoms with van der Waals surface area (Å²) in [4.78, 5) is 17.9. The number of carbonyl (C=O) groups is 1. The summed E-state index contributed by atoms with van der Waals surface area (Å²) < 4.78 is 0. The zero-order valence-electron chi connectivity index (χ0n) is 19.1.